The first kappa shape index (κ1) is 19.4. The number of hydrogen-bond acceptors (Lipinski definition) is 3. The fourth-order valence-electron chi connectivity index (χ4n) is 3.87. The second-order valence-electron chi connectivity index (χ2n) is 7.12. The Morgan fingerprint density at radius 3 is 2.19 bits per heavy atom. The van der Waals surface area contributed by atoms with E-state index in [1.807, 2.05) is 42.5 Å². The summed E-state index contributed by atoms with van der Waals surface area (Å²) in [5, 5.41) is 3.12. The molecule has 1 saturated heterocycles. The number of carbonyl (C=O) groups excluding carboxylic acids is 1. The number of nitrogens with one attached hydrogen (secondary N) is 1. The lowest BCUT2D eigenvalue weighted by Crippen LogP contribution is -2.37. The topological polar surface area (TPSA) is 35.6 Å². The Kier molecular flexibility index (Phi) is 6.88. The third-order valence-corrected chi connectivity index (χ3v) is 5.40. The summed E-state index contributed by atoms with van der Waals surface area (Å²) in [6.07, 6.45) is 3.86. The molecule has 2 aromatic carbocycles. The Labute approximate surface area is 163 Å². The van der Waals surface area contributed by atoms with E-state index in [4.69, 9.17) is 0 Å². The van der Waals surface area contributed by atoms with Gasteiger partial charge in [0.15, 0.2) is 0 Å². The molecule has 1 atom stereocenters. The highest BCUT2D eigenvalue weighted by Crippen LogP contribution is 2.25. The maximum Gasteiger partial charge on any atom is 0.246 e. The first-order chi connectivity index (χ1) is 13.2. The predicted molar refractivity (Wildman–Crippen MR) is 113 cm³/mol. The number of piperidine rings is 1. The molecule has 1 amide bonds. The van der Waals surface area contributed by atoms with Crippen LogP contribution in [0.2, 0.25) is 0 Å². The summed E-state index contributed by atoms with van der Waals surface area (Å²) in [6, 6.07) is 18.0. The first-order valence-corrected chi connectivity index (χ1v) is 10.2. The van der Waals surface area contributed by atoms with Gasteiger partial charge in [-0.2, -0.15) is 0 Å². The molecule has 1 aliphatic rings. The quantitative estimate of drug-likeness (QED) is 0.772. The van der Waals surface area contributed by atoms with Crippen molar-refractivity contribution in [3.63, 3.8) is 0 Å². The van der Waals surface area contributed by atoms with Crippen molar-refractivity contribution in [1.82, 2.24) is 4.90 Å². The smallest absolute Gasteiger partial charge is 0.246 e. The maximum atomic E-state index is 13.1. The van der Waals surface area contributed by atoms with E-state index in [0.717, 1.165) is 37.4 Å². The molecule has 4 heteroatoms. The van der Waals surface area contributed by atoms with Gasteiger partial charge in [0.1, 0.15) is 6.04 Å². The summed E-state index contributed by atoms with van der Waals surface area (Å²) in [7, 11) is 0. The van der Waals surface area contributed by atoms with Crippen LogP contribution in [0.1, 0.15) is 44.7 Å². The molecule has 1 aliphatic heterocycles. The number of benzene rings is 2. The Morgan fingerprint density at radius 2 is 1.59 bits per heavy atom. The summed E-state index contributed by atoms with van der Waals surface area (Å²) in [5.74, 6) is 0.0237. The SMILES string of the molecule is CCN(CC)C(C(=O)Nc1ccc(N2CCCCC2)cc1)c1ccccc1. The lowest BCUT2D eigenvalue weighted by molar-refractivity contribution is -0.121. The van der Waals surface area contributed by atoms with Crippen molar-refractivity contribution >= 4 is 17.3 Å². The highest BCUT2D eigenvalue weighted by molar-refractivity contribution is 5.95. The van der Waals surface area contributed by atoms with E-state index in [1.54, 1.807) is 0 Å². The molecular weight excluding hydrogens is 334 g/mol. The first-order valence-electron chi connectivity index (χ1n) is 10.2. The highest BCUT2D eigenvalue weighted by atomic mass is 16.2. The van der Waals surface area contributed by atoms with Crippen LogP contribution in [0.3, 0.4) is 0 Å². The number of rotatable bonds is 7. The van der Waals surface area contributed by atoms with E-state index in [-0.39, 0.29) is 11.9 Å². The zero-order valence-electron chi connectivity index (χ0n) is 16.5. The van der Waals surface area contributed by atoms with Gasteiger partial charge in [-0.1, -0.05) is 44.2 Å². The molecule has 27 heavy (non-hydrogen) atoms. The van der Waals surface area contributed by atoms with Gasteiger partial charge in [-0.15, -0.1) is 0 Å². The summed E-state index contributed by atoms with van der Waals surface area (Å²) in [5.41, 5.74) is 3.13. The Hall–Kier alpha value is -2.33. The number of hydrogen-bond donors (Lipinski definition) is 1. The van der Waals surface area contributed by atoms with Crippen LogP contribution in [-0.4, -0.2) is 37.0 Å². The molecule has 144 valence electrons. The van der Waals surface area contributed by atoms with E-state index >= 15 is 0 Å². The van der Waals surface area contributed by atoms with Gasteiger partial charge >= 0.3 is 0 Å². The van der Waals surface area contributed by atoms with Crippen LogP contribution in [-0.2, 0) is 4.79 Å². The van der Waals surface area contributed by atoms with Crippen LogP contribution in [0, 0.1) is 0 Å². The van der Waals surface area contributed by atoms with E-state index in [0.29, 0.717) is 0 Å². The third kappa shape index (κ3) is 4.89. The Morgan fingerprint density at radius 1 is 0.963 bits per heavy atom. The number of nitrogens with zero attached hydrogens (tertiary/aromatic N) is 2. The Balaban J connectivity index is 1.73. The molecule has 1 fully saturated rings. The van der Waals surface area contributed by atoms with Crippen molar-refractivity contribution in [2.24, 2.45) is 0 Å². The van der Waals surface area contributed by atoms with E-state index in [1.165, 1.54) is 24.9 Å². The summed E-state index contributed by atoms with van der Waals surface area (Å²) in [6.45, 7) is 8.11. The molecule has 0 bridgehead atoms. The van der Waals surface area contributed by atoms with Crippen molar-refractivity contribution in [2.75, 3.05) is 36.4 Å². The second kappa shape index (κ2) is 9.56. The lowest BCUT2D eigenvalue weighted by atomic mass is 10.0. The van der Waals surface area contributed by atoms with E-state index < -0.39 is 0 Å². The average Bonchev–Trinajstić information content (AvgIpc) is 2.73. The molecule has 0 aromatic heterocycles. The molecule has 0 aliphatic carbocycles. The van der Waals surface area contributed by atoms with Crippen LogP contribution in [0.5, 0.6) is 0 Å². The van der Waals surface area contributed by atoms with Gasteiger partial charge in [-0.05, 0) is 62.2 Å². The van der Waals surface area contributed by atoms with Crippen LogP contribution in [0.4, 0.5) is 11.4 Å². The molecule has 0 radical (unpaired) electrons. The molecule has 1 heterocycles. The fraction of sp³-hybridized carbons (Fsp3) is 0.435. The highest BCUT2D eigenvalue weighted by Gasteiger charge is 2.25. The van der Waals surface area contributed by atoms with Gasteiger partial charge in [0.05, 0.1) is 0 Å². The summed E-state index contributed by atoms with van der Waals surface area (Å²) in [4.78, 5) is 17.7. The molecule has 4 nitrogen and oxygen atoms in total. The van der Waals surface area contributed by atoms with Gasteiger partial charge in [0, 0.05) is 24.5 Å². The van der Waals surface area contributed by atoms with Crippen molar-refractivity contribution in [1.29, 1.82) is 0 Å². The molecular formula is C23H31N3O. The monoisotopic (exact) mass is 365 g/mol. The van der Waals surface area contributed by atoms with Gasteiger partial charge in [-0.25, -0.2) is 0 Å². The van der Waals surface area contributed by atoms with Gasteiger partial charge in [-0.3, -0.25) is 9.69 Å². The van der Waals surface area contributed by atoms with Crippen LogP contribution in [0.15, 0.2) is 54.6 Å². The van der Waals surface area contributed by atoms with Gasteiger partial charge in [0.25, 0.3) is 0 Å². The fourth-order valence-corrected chi connectivity index (χ4v) is 3.87. The minimum atomic E-state index is -0.275. The maximum absolute atomic E-state index is 13.1. The summed E-state index contributed by atoms with van der Waals surface area (Å²) < 4.78 is 0. The normalized spacial score (nSPS) is 15.6. The Bertz CT molecular complexity index is 704. The van der Waals surface area contributed by atoms with Crippen molar-refractivity contribution in [3.05, 3.63) is 60.2 Å². The predicted octanol–water partition coefficient (Wildman–Crippen LogP) is 4.70. The van der Waals surface area contributed by atoms with Crippen LogP contribution >= 0.6 is 0 Å². The number of likely N-dealkylation sites (N-methyl/N-ethyl adjacent to an activating group) is 1. The van der Waals surface area contributed by atoms with Crippen molar-refractivity contribution < 1.29 is 4.79 Å². The number of anilines is 2. The van der Waals surface area contributed by atoms with Crippen LogP contribution in [0.25, 0.3) is 0 Å². The molecule has 0 spiro atoms. The van der Waals surface area contributed by atoms with Crippen LogP contribution < -0.4 is 10.2 Å². The molecule has 1 unspecified atom stereocenters. The standard InChI is InChI=1S/C23H31N3O/c1-3-25(4-2)22(19-11-7-5-8-12-19)23(27)24-20-13-15-21(16-14-20)26-17-9-6-10-18-26/h5,7-8,11-16,22H,3-4,6,9-10,17-18H2,1-2H3,(H,24,27). The second-order valence-corrected chi connectivity index (χ2v) is 7.12. The zero-order valence-corrected chi connectivity index (χ0v) is 16.5. The average molecular weight is 366 g/mol. The molecule has 1 N–H and O–H groups in total. The van der Waals surface area contributed by atoms with E-state index in [9.17, 15) is 4.79 Å². The number of carbonyl (C=O) groups is 1. The molecule has 0 saturated carbocycles. The van der Waals surface area contributed by atoms with E-state index in [2.05, 4.69) is 41.1 Å². The third-order valence-electron chi connectivity index (χ3n) is 5.40. The minimum Gasteiger partial charge on any atom is -0.372 e. The number of amides is 1. The lowest BCUT2D eigenvalue weighted by Gasteiger charge is -2.30. The summed E-state index contributed by atoms with van der Waals surface area (Å²) >= 11 is 0. The van der Waals surface area contributed by atoms with Crippen molar-refractivity contribution in [2.45, 2.75) is 39.2 Å². The minimum absolute atomic E-state index is 0.0237. The zero-order chi connectivity index (χ0) is 19.1. The van der Waals surface area contributed by atoms with Crippen molar-refractivity contribution in [3.8, 4) is 0 Å². The molecule has 3 rings (SSSR count). The van der Waals surface area contributed by atoms with Gasteiger partial charge < -0.3 is 10.2 Å². The van der Waals surface area contributed by atoms with Gasteiger partial charge in [0.2, 0.25) is 5.91 Å². The molecule has 2 aromatic rings. The largest absolute Gasteiger partial charge is 0.372 e.